The van der Waals surface area contributed by atoms with Crippen molar-refractivity contribution in [3.05, 3.63) is 71.3 Å². The van der Waals surface area contributed by atoms with Crippen LogP contribution < -0.4 is 5.32 Å². The molecule has 5 atom stereocenters. The number of hydrogen-bond donors (Lipinski definition) is 1. The number of amides is 1. The highest BCUT2D eigenvalue weighted by Crippen LogP contribution is 2.44. The average molecular weight is 510 g/mol. The van der Waals surface area contributed by atoms with Crippen LogP contribution in [0.25, 0.3) is 0 Å². The maximum atomic E-state index is 13.9. The van der Waals surface area contributed by atoms with Crippen molar-refractivity contribution in [3.63, 3.8) is 0 Å². The molecule has 0 radical (unpaired) electrons. The molecular weight excluding hydrogens is 470 g/mol. The fraction of sp³-hybridized carbons (Fsp3) is 0.567. The first kappa shape index (κ1) is 26.3. The molecule has 1 N–H and O–H groups in total. The summed E-state index contributed by atoms with van der Waals surface area (Å²) in [5.41, 5.74) is 2.17. The van der Waals surface area contributed by atoms with E-state index >= 15 is 0 Å². The molecule has 2 heterocycles. The van der Waals surface area contributed by atoms with E-state index in [9.17, 15) is 4.79 Å². The Balaban J connectivity index is 1.38. The molecule has 200 valence electrons. The summed E-state index contributed by atoms with van der Waals surface area (Å²) in [6, 6.07) is 18.2. The summed E-state index contributed by atoms with van der Waals surface area (Å²) in [5, 5.41) is 3.13. The molecule has 0 bridgehead atoms. The molecular formula is C30H39NO6. The number of rotatable bonds is 9. The van der Waals surface area contributed by atoms with E-state index in [4.69, 9.17) is 23.7 Å². The van der Waals surface area contributed by atoms with E-state index in [-0.39, 0.29) is 30.3 Å². The first-order chi connectivity index (χ1) is 17.8. The highest BCUT2D eigenvalue weighted by atomic mass is 16.8. The summed E-state index contributed by atoms with van der Waals surface area (Å²) in [5.74, 6) is -0.903. The monoisotopic (exact) mass is 509 g/mol. The first-order valence-corrected chi connectivity index (χ1v) is 13.4. The summed E-state index contributed by atoms with van der Waals surface area (Å²) >= 11 is 0. The van der Waals surface area contributed by atoms with E-state index < -0.39 is 11.4 Å². The van der Waals surface area contributed by atoms with Gasteiger partial charge in [-0.1, -0.05) is 60.2 Å². The lowest BCUT2D eigenvalue weighted by Crippen LogP contribution is -2.60. The van der Waals surface area contributed by atoms with Crippen LogP contribution in [-0.2, 0) is 41.7 Å². The number of carbonyl (C=O) groups is 1. The van der Waals surface area contributed by atoms with Gasteiger partial charge in [0, 0.05) is 26.0 Å². The van der Waals surface area contributed by atoms with E-state index in [1.54, 1.807) is 0 Å². The average Bonchev–Trinajstić information content (AvgIpc) is 3.52. The van der Waals surface area contributed by atoms with Crippen molar-refractivity contribution in [2.24, 2.45) is 0 Å². The van der Waals surface area contributed by atoms with Crippen LogP contribution in [0.1, 0.15) is 56.2 Å². The normalized spacial score (nSPS) is 30.7. The quantitative estimate of drug-likeness (QED) is 0.539. The van der Waals surface area contributed by atoms with Crippen LogP contribution in [0.5, 0.6) is 0 Å². The van der Waals surface area contributed by atoms with E-state index in [1.165, 1.54) is 5.56 Å². The molecule has 2 unspecified atom stereocenters. The third-order valence-corrected chi connectivity index (χ3v) is 7.52. The lowest BCUT2D eigenvalue weighted by atomic mass is 9.78. The van der Waals surface area contributed by atoms with Gasteiger partial charge in [0.1, 0.15) is 6.10 Å². The second kappa shape index (κ2) is 11.2. The van der Waals surface area contributed by atoms with Crippen LogP contribution in [-0.4, -0.2) is 54.9 Å². The lowest BCUT2D eigenvalue weighted by Gasteiger charge is -2.43. The number of nitrogens with one attached hydrogen (secondary N) is 1. The largest absolute Gasteiger partial charge is 0.376 e. The molecule has 37 heavy (non-hydrogen) atoms. The first-order valence-electron chi connectivity index (χ1n) is 13.4. The Hall–Kier alpha value is -2.29. The predicted octanol–water partition coefficient (Wildman–Crippen LogP) is 4.44. The molecule has 0 aromatic heterocycles. The molecule has 3 fully saturated rings. The summed E-state index contributed by atoms with van der Waals surface area (Å²) in [6.45, 7) is 7.84. The number of ether oxygens (including phenoxy) is 5. The molecule has 1 amide bonds. The highest BCUT2D eigenvalue weighted by Gasteiger charge is 2.58. The SMILES string of the molecule is Cc1ccc(COC2C[C@](OCc3ccccc3)(C(=O)NCC3CCCO3)C[C@H]3OC(C)(C)O[C@@H]23)cc1. The van der Waals surface area contributed by atoms with E-state index in [0.29, 0.717) is 32.6 Å². The molecule has 2 aromatic rings. The summed E-state index contributed by atoms with van der Waals surface area (Å²) in [6.07, 6.45) is 1.83. The van der Waals surface area contributed by atoms with Crippen LogP contribution in [0.2, 0.25) is 0 Å². The smallest absolute Gasteiger partial charge is 0.252 e. The molecule has 5 rings (SSSR count). The van der Waals surface area contributed by atoms with Gasteiger partial charge in [0.2, 0.25) is 0 Å². The lowest BCUT2D eigenvalue weighted by molar-refractivity contribution is -0.183. The number of hydrogen-bond acceptors (Lipinski definition) is 6. The van der Waals surface area contributed by atoms with Gasteiger partial charge in [-0.15, -0.1) is 0 Å². The predicted molar refractivity (Wildman–Crippen MR) is 139 cm³/mol. The Morgan fingerprint density at radius 1 is 1.00 bits per heavy atom. The van der Waals surface area contributed by atoms with Gasteiger partial charge in [-0.25, -0.2) is 0 Å². The number of aryl methyl sites for hydroxylation is 1. The van der Waals surface area contributed by atoms with Gasteiger partial charge < -0.3 is 29.0 Å². The van der Waals surface area contributed by atoms with Crippen molar-refractivity contribution in [2.75, 3.05) is 13.2 Å². The molecule has 0 spiro atoms. The Bertz CT molecular complexity index is 1040. The second-order valence-electron chi connectivity index (χ2n) is 11.0. The molecule has 2 aliphatic heterocycles. The number of carbonyl (C=O) groups excluding carboxylic acids is 1. The van der Waals surface area contributed by atoms with Crippen molar-refractivity contribution < 1.29 is 28.5 Å². The summed E-state index contributed by atoms with van der Waals surface area (Å²) < 4.78 is 31.3. The summed E-state index contributed by atoms with van der Waals surface area (Å²) in [7, 11) is 0. The second-order valence-corrected chi connectivity index (χ2v) is 11.0. The molecule has 2 saturated heterocycles. The fourth-order valence-corrected chi connectivity index (χ4v) is 5.56. The molecule has 7 nitrogen and oxygen atoms in total. The number of benzene rings is 2. The van der Waals surface area contributed by atoms with Crippen LogP contribution >= 0.6 is 0 Å². The van der Waals surface area contributed by atoms with Crippen molar-refractivity contribution in [1.82, 2.24) is 5.32 Å². The molecule has 1 aliphatic carbocycles. The van der Waals surface area contributed by atoms with Crippen molar-refractivity contribution in [3.8, 4) is 0 Å². The van der Waals surface area contributed by atoms with Crippen LogP contribution in [0.15, 0.2) is 54.6 Å². The molecule has 3 aliphatic rings. The zero-order valence-electron chi connectivity index (χ0n) is 22.1. The number of fused-ring (bicyclic) bond motifs is 1. The van der Waals surface area contributed by atoms with Gasteiger partial charge in [0.05, 0.1) is 31.5 Å². The van der Waals surface area contributed by atoms with Gasteiger partial charge >= 0.3 is 0 Å². The maximum absolute atomic E-state index is 13.9. The zero-order valence-corrected chi connectivity index (χ0v) is 22.1. The minimum Gasteiger partial charge on any atom is -0.376 e. The van der Waals surface area contributed by atoms with E-state index in [0.717, 1.165) is 30.6 Å². The van der Waals surface area contributed by atoms with Gasteiger partial charge in [-0.2, -0.15) is 0 Å². The fourth-order valence-electron chi connectivity index (χ4n) is 5.56. The third-order valence-electron chi connectivity index (χ3n) is 7.52. The summed E-state index contributed by atoms with van der Waals surface area (Å²) in [4.78, 5) is 13.9. The van der Waals surface area contributed by atoms with Crippen LogP contribution in [0.4, 0.5) is 0 Å². The molecule has 1 saturated carbocycles. The Morgan fingerprint density at radius 2 is 1.76 bits per heavy atom. The third kappa shape index (κ3) is 6.41. The molecule has 2 aromatic carbocycles. The van der Waals surface area contributed by atoms with Crippen LogP contribution in [0, 0.1) is 6.92 Å². The Kier molecular flexibility index (Phi) is 7.98. The minimum absolute atomic E-state index is 0.0463. The molecule has 7 heteroatoms. The van der Waals surface area contributed by atoms with Crippen molar-refractivity contribution in [1.29, 1.82) is 0 Å². The van der Waals surface area contributed by atoms with Crippen LogP contribution in [0.3, 0.4) is 0 Å². The highest BCUT2D eigenvalue weighted by molar-refractivity contribution is 5.85. The Morgan fingerprint density at radius 3 is 2.49 bits per heavy atom. The minimum atomic E-state index is -1.11. The maximum Gasteiger partial charge on any atom is 0.252 e. The van der Waals surface area contributed by atoms with Crippen molar-refractivity contribution in [2.45, 2.75) is 95.5 Å². The van der Waals surface area contributed by atoms with Crippen molar-refractivity contribution >= 4 is 5.91 Å². The standard InChI is InChI=1S/C30H39NO6/c1-21-11-13-23(14-12-21)19-34-25-16-30(35-20-22-8-5-4-6-9-22,17-26-27(25)37-29(2,3)36-26)28(32)31-18-24-10-7-15-33-24/h4-6,8-9,11-14,24-27H,7,10,15-20H2,1-3H3,(H,31,32)/t24?,25?,26-,27+,30-/m1/s1. The van der Waals surface area contributed by atoms with Gasteiger partial charge in [-0.05, 0) is 44.7 Å². The van der Waals surface area contributed by atoms with Gasteiger partial charge in [0.25, 0.3) is 5.91 Å². The zero-order chi connectivity index (χ0) is 25.9. The topological polar surface area (TPSA) is 75.3 Å². The van der Waals surface area contributed by atoms with Gasteiger partial charge in [0.15, 0.2) is 11.4 Å². The van der Waals surface area contributed by atoms with E-state index in [1.807, 2.05) is 44.2 Å². The van der Waals surface area contributed by atoms with E-state index in [2.05, 4.69) is 36.5 Å². The Labute approximate surface area is 219 Å². The van der Waals surface area contributed by atoms with Gasteiger partial charge in [-0.3, -0.25) is 4.79 Å².